The average molecular weight is 775 g/mol. The van der Waals surface area contributed by atoms with E-state index in [1.807, 2.05) is 12.2 Å². The van der Waals surface area contributed by atoms with Crippen molar-refractivity contribution in [2.75, 3.05) is 26.4 Å². The Morgan fingerprint density at radius 2 is 1.19 bits per heavy atom. The van der Waals surface area contributed by atoms with Gasteiger partial charge in [-0.2, -0.15) is 0 Å². The molecule has 0 saturated heterocycles. The van der Waals surface area contributed by atoms with Crippen molar-refractivity contribution in [1.82, 2.24) is 0 Å². The van der Waals surface area contributed by atoms with Gasteiger partial charge in [-0.15, -0.1) is 0 Å². The molecule has 0 amide bonds. The lowest BCUT2D eigenvalue weighted by molar-refractivity contribution is -0.161. The summed E-state index contributed by atoms with van der Waals surface area (Å²) in [5.74, 6) is -0.0270. The highest BCUT2D eigenvalue weighted by Crippen LogP contribution is 2.43. The van der Waals surface area contributed by atoms with E-state index >= 15 is 0 Å². The minimum Gasteiger partial charge on any atom is -0.462 e. The Kier molecular flexibility index (Phi) is 34.5. The zero-order valence-electron chi connectivity index (χ0n) is 33.4. The summed E-state index contributed by atoms with van der Waals surface area (Å²) in [4.78, 5) is 46.6. The Hall–Kier alpha value is -1.88. The van der Waals surface area contributed by atoms with Gasteiger partial charge in [0.2, 0.25) is 0 Å². The fourth-order valence-corrected chi connectivity index (χ4v) is 6.30. The molecular weight excluding hydrogens is 699 g/mol. The number of esters is 2. The van der Waals surface area contributed by atoms with Crippen LogP contribution in [0.4, 0.5) is 0 Å². The first-order valence-electron chi connectivity index (χ1n) is 20.6. The van der Waals surface area contributed by atoms with Crippen LogP contribution in [-0.2, 0) is 37.5 Å². The number of phosphoric ester groups is 1. The van der Waals surface area contributed by atoms with E-state index in [2.05, 4.69) is 25.3 Å². The van der Waals surface area contributed by atoms with E-state index in [1.165, 1.54) is 51.4 Å². The van der Waals surface area contributed by atoms with Gasteiger partial charge in [0, 0.05) is 19.3 Å². The van der Waals surface area contributed by atoms with Crippen molar-refractivity contribution in [3.63, 3.8) is 0 Å². The second kappa shape index (κ2) is 35.8. The highest BCUT2D eigenvalue weighted by atomic mass is 31.2. The molecule has 0 rings (SSSR count). The van der Waals surface area contributed by atoms with E-state index in [0.29, 0.717) is 19.3 Å². The van der Waals surface area contributed by atoms with Crippen LogP contribution in [0.5, 0.6) is 0 Å². The van der Waals surface area contributed by atoms with Gasteiger partial charge in [0.05, 0.1) is 19.8 Å². The second-order valence-electron chi connectivity index (χ2n) is 14.5. The number of ether oxygens (including phenoxy) is 2. The van der Waals surface area contributed by atoms with Crippen LogP contribution in [0.2, 0.25) is 0 Å². The maximum Gasteiger partial charge on any atom is 0.472 e. The molecule has 0 spiro atoms. The lowest BCUT2D eigenvalue weighted by atomic mass is 10.0. The summed E-state index contributed by atoms with van der Waals surface area (Å²) in [5, 5.41) is 18.3. The van der Waals surface area contributed by atoms with Gasteiger partial charge in [-0.3, -0.25) is 23.4 Å². The minimum atomic E-state index is -4.63. The van der Waals surface area contributed by atoms with Crippen LogP contribution >= 0.6 is 7.82 Å². The van der Waals surface area contributed by atoms with Gasteiger partial charge in [-0.1, -0.05) is 142 Å². The highest BCUT2D eigenvalue weighted by molar-refractivity contribution is 7.47. The maximum atomic E-state index is 12.6. The predicted molar refractivity (Wildman–Crippen MR) is 210 cm³/mol. The lowest BCUT2D eigenvalue weighted by Crippen LogP contribution is -2.29. The number of hydrogen-bond acceptors (Lipinski definition) is 10. The number of carbonyl (C=O) groups is 3. The molecule has 3 atom stereocenters. The molecule has 0 aromatic carbocycles. The number of carbonyl (C=O) groups excluding carboxylic acids is 3. The average Bonchev–Trinajstić information content (AvgIpc) is 3.12. The maximum absolute atomic E-state index is 12.6. The van der Waals surface area contributed by atoms with E-state index in [-0.39, 0.29) is 25.2 Å². The van der Waals surface area contributed by atoms with Crippen LogP contribution in [0, 0.1) is 5.92 Å². The number of aliphatic hydroxyl groups excluding tert-OH is 2. The summed E-state index contributed by atoms with van der Waals surface area (Å²) in [7, 11) is -4.63. The van der Waals surface area contributed by atoms with Crippen molar-refractivity contribution in [3.05, 3.63) is 24.3 Å². The first-order valence-corrected chi connectivity index (χ1v) is 22.1. The standard InChI is InChI=1S/C41H75O11P/c1-4-5-22-28-37(43)29-24-19-15-11-9-13-17-21-26-31-41(46)52-39(35-51-53(47,48)50-33-38(44)32-42)34-49-40(45)30-25-20-16-12-8-6-7-10-14-18-23-27-36(2)3/h15,19,24,29,36,38-39,42,44H,4-14,16-18,20-23,25-28,30-35H2,1-3H3,(H,47,48)/b19-15-,29-24+/t38-,39+/m0/s1. The Morgan fingerprint density at radius 3 is 1.77 bits per heavy atom. The molecule has 0 fully saturated rings. The van der Waals surface area contributed by atoms with Gasteiger partial charge in [0.1, 0.15) is 12.7 Å². The zero-order chi connectivity index (χ0) is 39.4. The van der Waals surface area contributed by atoms with E-state index < -0.39 is 51.8 Å². The van der Waals surface area contributed by atoms with Gasteiger partial charge >= 0.3 is 19.8 Å². The van der Waals surface area contributed by atoms with E-state index in [0.717, 1.165) is 76.5 Å². The smallest absolute Gasteiger partial charge is 0.462 e. The molecule has 0 saturated carbocycles. The number of phosphoric acid groups is 1. The van der Waals surface area contributed by atoms with Crippen molar-refractivity contribution in [2.24, 2.45) is 5.92 Å². The van der Waals surface area contributed by atoms with Gasteiger partial charge < -0.3 is 24.6 Å². The van der Waals surface area contributed by atoms with Gasteiger partial charge in [-0.25, -0.2) is 4.57 Å². The topological polar surface area (TPSA) is 166 Å². The SMILES string of the molecule is CCCCCC(=O)/C=C/C=C\CCCCCCCC(=O)O[C@H](COC(=O)CCCCCCCCCCCCCC(C)C)COP(=O)(O)OC[C@@H](O)CO. The third-order valence-corrected chi connectivity index (χ3v) is 9.71. The summed E-state index contributed by atoms with van der Waals surface area (Å²) in [6.07, 6.45) is 28.5. The Bertz CT molecular complexity index is 1010. The number of unbranched alkanes of at least 4 members (excludes halogenated alkanes) is 17. The molecule has 0 aliphatic carbocycles. The zero-order valence-corrected chi connectivity index (χ0v) is 34.3. The summed E-state index contributed by atoms with van der Waals surface area (Å²) >= 11 is 0. The summed E-state index contributed by atoms with van der Waals surface area (Å²) in [5.41, 5.74) is 0. The number of allylic oxidation sites excluding steroid dienone is 4. The lowest BCUT2D eigenvalue weighted by Gasteiger charge is -2.20. The van der Waals surface area contributed by atoms with E-state index in [4.69, 9.17) is 19.1 Å². The fourth-order valence-electron chi connectivity index (χ4n) is 5.51. The third-order valence-electron chi connectivity index (χ3n) is 8.76. The number of aliphatic hydroxyl groups is 2. The van der Waals surface area contributed by atoms with Crippen LogP contribution in [0.15, 0.2) is 24.3 Å². The summed E-state index contributed by atoms with van der Waals surface area (Å²) in [6, 6.07) is 0. The first kappa shape index (κ1) is 51.1. The molecule has 0 radical (unpaired) electrons. The molecule has 11 nitrogen and oxygen atoms in total. The molecule has 0 aromatic rings. The Labute approximate surface area is 321 Å². The molecule has 12 heteroatoms. The van der Waals surface area contributed by atoms with Crippen molar-refractivity contribution >= 4 is 25.5 Å². The minimum absolute atomic E-state index is 0.135. The fraction of sp³-hybridized carbons (Fsp3) is 0.829. The molecular formula is C41H75O11P. The highest BCUT2D eigenvalue weighted by Gasteiger charge is 2.27. The molecule has 0 heterocycles. The molecule has 53 heavy (non-hydrogen) atoms. The van der Waals surface area contributed by atoms with Gasteiger partial charge in [-0.05, 0) is 44.1 Å². The van der Waals surface area contributed by atoms with E-state index in [1.54, 1.807) is 12.2 Å². The first-order chi connectivity index (χ1) is 25.5. The van der Waals surface area contributed by atoms with Gasteiger partial charge in [0.25, 0.3) is 0 Å². The van der Waals surface area contributed by atoms with Crippen LogP contribution in [0.3, 0.4) is 0 Å². The normalized spacial score (nSPS) is 14.2. The molecule has 0 aromatic heterocycles. The summed E-state index contributed by atoms with van der Waals surface area (Å²) in [6.45, 7) is 4.48. The monoisotopic (exact) mass is 775 g/mol. The Balaban J connectivity index is 4.39. The molecule has 1 unspecified atom stereocenters. The van der Waals surface area contributed by atoms with Crippen molar-refractivity contribution in [2.45, 2.75) is 187 Å². The number of hydrogen-bond donors (Lipinski definition) is 3. The van der Waals surface area contributed by atoms with Crippen molar-refractivity contribution < 1.29 is 52.6 Å². The van der Waals surface area contributed by atoms with Crippen molar-refractivity contribution in [3.8, 4) is 0 Å². The van der Waals surface area contributed by atoms with Crippen LogP contribution < -0.4 is 0 Å². The molecule has 3 N–H and O–H groups in total. The molecule has 0 bridgehead atoms. The van der Waals surface area contributed by atoms with Crippen LogP contribution in [0.1, 0.15) is 175 Å². The summed E-state index contributed by atoms with van der Waals surface area (Å²) < 4.78 is 32.6. The van der Waals surface area contributed by atoms with E-state index in [9.17, 15) is 28.9 Å². The van der Waals surface area contributed by atoms with Crippen LogP contribution in [-0.4, -0.2) is 71.5 Å². The molecule has 310 valence electrons. The van der Waals surface area contributed by atoms with Crippen molar-refractivity contribution in [1.29, 1.82) is 0 Å². The quantitative estimate of drug-likeness (QED) is 0.0180. The Morgan fingerprint density at radius 1 is 0.660 bits per heavy atom. The molecule has 0 aliphatic heterocycles. The third kappa shape index (κ3) is 36.8. The van der Waals surface area contributed by atoms with Crippen LogP contribution in [0.25, 0.3) is 0 Å². The number of ketones is 1. The molecule has 0 aliphatic rings. The largest absolute Gasteiger partial charge is 0.472 e. The second-order valence-corrected chi connectivity index (χ2v) is 16.0. The number of rotatable bonds is 38. The predicted octanol–water partition coefficient (Wildman–Crippen LogP) is 9.65. The van der Waals surface area contributed by atoms with Gasteiger partial charge in [0.15, 0.2) is 11.9 Å².